The van der Waals surface area contributed by atoms with Gasteiger partial charge in [-0.2, -0.15) is 9.94 Å². The van der Waals surface area contributed by atoms with E-state index in [1.54, 1.807) is 11.8 Å². The van der Waals surface area contributed by atoms with Gasteiger partial charge in [-0.05, 0) is 54.0 Å². The van der Waals surface area contributed by atoms with Crippen LogP contribution in [0.25, 0.3) is 5.69 Å². The van der Waals surface area contributed by atoms with Crippen LogP contribution in [0.15, 0.2) is 47.6 Å². The van der Waals surface area contributed by atoms with Crippen LogP contribution < -0.4 is 4.74 Å². The van der Waals surface area contributed by atoms with Gasteiger partial charge in [0.1, 0.15) is 16.7 Å². The van der Waals surface area contributed by atoms with Crippen LogP contribution in [0.5, 0.6) is 5.75 Å². The molecule has 0 saturated heterocycles. The van der Waals surface area contributed by atoms with Crippen LogP contribution in [0.1, 0.15) is 16.7 Å². The van der Waals surface area contributed by atoms with Gasteiger partial charge < -0.3 is 4.74 Å². The molecule has 1 heterocycles. The van der Waals surface area contributed by atoms with E-state index in [1.807, 2.05) is 44.2 Å². The number of aromatic nitrogens is 4. The van der Waals surface area contributed by atoms with E-state index in [0.717, 1.165) is 16.8 Å². The number of aryl methyl sites for hydroxylation is 2. The maximum Gasteiger partial charge on any atom is 0.215 e. The molecule has 0 aliphatic rings. The van der Waals surface area contributed by atoms with Gasteiger partial charge in [-0.25, -0.2) is 0 Å². The number of ether oxygens (including phenoxy) is 1. The van der Waals surface area contributed by atoms with Crippen molar-refractivity contribution < 1.29 is 4.74 Å². The summed E-state index contributed by atoms with van der Waals surface area (Å²) in [6.07, 6.45) is 0.624. The summed E-state index contributed by atoms with van der Waals surface area (Å²) >= 11 is 1.35. The standard InChI is InChI=1S/C19H19N5OS/c1-13-4-7-15(8-5-13)11-16(12-20)26-19-21-22-23-24(19)17-10-14(2)6-9-18(17)25-3/h4-10,16H,11H2,1-3H3. The van der Waals surface area contributed by atoms with Crippen LogP contribution in [0.2, 0.25) is 0 Å². The lowest BCUT2D eigenvalue weighted by atomic mass is 10.1. The summed E-state index contributed by atoms with van der Waals surface area (Å²) < 4.78 is 7.05. The number of hydrogen-bond donors (Lipinski definition) is 0. The smallest absolute Gasteiger partial charge is 0.215 e. The zero-order chi connectivity index (χ0) is 18.5. The molecule has 0 aliphatic carbocycles. The number of methoxy groups -OCH3 is 1. The van der Waals surface area contributed by atoms with Crippen LogP contribution in [0.4, 0.5) is 0 Å². The molecule has 0 saturated carbocycles. The molecule has 0 bridgehead atoms. The van der Waals surface area contributed by atoms with Crippen molar-refractivity contribution in [3.8, 4) is 17.5 Å². The molecule has 0 aliphatic heterocycles. The highest BCUT2D eigenvalue weighted by atomic mass is 32.2. The Hall–Kier alpha value is -2.85. The van der Waals surface area contributed by atoms with E-state index in [2.05, 4.69) is 33.7 Å². The Kier molecular flexibility index (Phi) is 5.54. The zero-order valence-corrected chi connectivity index (χ0v) is 15.7. The third-order valence-corrected chi connectivity index (χ3v) is 4.96. The Labute approximate surface area is 156 Å². The Morgan fingerprint density at radius 3 is 2.58 bits per heavy atom. The summed E-state index contributed by atoms with van der Waals surface area (Å²) in [6, 6.07) is 16.4. The van der Waals surface area contributed by atoms with E-state index >= 15 is 0 Å². The molecular weight excluding hydrogens is 346 g/mol. The lowest BCUT2D eigenvalue weighted by Gasteiger charge is -2.12. The second kappa shape index (κ2) is 8.02. The Bertz CT molecular complexity index is 930. The molecular formula is C19H19N5OS. The second-order valence-corrected chi connectivity index (χ2v) is 7.14. The van der Waals surface area contributed by atoms with E-state index in [4.69, 9.17) is 4.74 Å². The first kappa shape index (κ1) is 18.0. The van der Waals surface area contributed by atoms with E-state index in [1.165, 1.54) is 17.3 Å². The van der Waals surface area contributed by atoms with Crippen molar-refractivity contribution in [2.24, 2.45) is 0 Å². The first-order chi connectivity index (χ1) is 12.6. The third kappa shape index (κ3) is 4.03. The maximum absolute atomic E-state index is 9.57. The molecule has 1 aromatic heterocycles. The number of hydrogen-bond acceptors (Lipinski definition) is 6. The summed E-state index contributed by atoms with van der Waals surface area (Å²) in [7, 11) is 1.61. The number of nitrogens with zero attached hydrogens (tertiary/aromatic N) is 5. The van der Waals surface area contributed by atoms with E-state index in [-0.39, 0.29) is 5.25 Å². The molecule has 2 aromatic carbocycles. The van der Waals surface area contributed by atoms with Crippen LogP contribution in [-0.4, -0.2) is 32.6 Å². The predicted molar refractivity (Wildman–Crippen MR) is 101 cm³/mol. The molecule has 26 heavy (non-hydrogen) atoms. The van der Waals surface area contributed by atoms with Crippen LogP contribution in [0.3, 0.4) is 0 Å². The molecule has 3 rings (SSSR count). The monoisotopic (exact) mass is 365 g/mol. The molecule has 1 atom stereocenters. The van der Waals surface area contributed by atoms with Gasteiger partial charge in [0, 0.05) is 0 Å². The summed E-state index contributed by atoms with van der Waals surface area (Å²) in [5.41, 5.74) is 4.14. The maximum atomic E-state index is 9.57. The van der Waals surface area contributed by atoms with Gasteiger partial charge >= 0.3 is 0 Å². The lowest BCUT2D eigenvalue weighted by molar-refractivity contribution is 0.410. The third-order valence-electron chi connectivity index (χ3n) is 3.94. The highest BCUT2D eigenvalue weighted by Gasteiger charge is 2.19. The highest BCUT2D eigenvalue weighted by Crippen LogP contribution is 2.29. The van der Waals surface area contributed by atoms with Gasteiger partial charge in [0.2, 0.25) is 5.16 Å². The van der Waals surface area contributed by atoms with Crippen molar-refractivity contribution in [2.75, 3.05) is 7.11 Å². The Balaban J connectivity index is 1.85. The predicted octanol–water partition coefficient (Wildman–Crippen LogP) is 3.51. The summed E-state index contributed by atoms with van der Waals surface area (Å²) in [4.78, 5) is 0. The van der Waals surface area contributed by atoms with Gasteiger partial charge in [-0.15, -0.1) is 5.10 Å². The van der Waals surface area contributed by atoms with Gasteiger partial charge in [0.05, 0.1) is 13.2 Å². The topological polar surface area (TPSA) is 76.6 Å². The molecule has 132 valence electrons. The second-order valence-electron chi connectivity index (χ2n) is 5.97. The van der Waals surface area contributed by atoms with E-state index < -0.39 is 0 Å². The number of thioether (sulfide) groups is 1. The molecule has 0 radical (unpaired) electrons. The van der Waals surface area contributed by atoms with E-state index in [9.17, 15) is 5.26 Å². The number of rotatable bonds is 6. The van der Waals surface area contributed by atoms with Gasteiger partial charge in [-0.3, -0.25) is 0 Å². The van der Waals surface area contributed by atoms with Crippen molar-refractivity contribution in [1.29, 1.82) is 5.26 Å². The molecule has 0 N–H and O–H groups in total. The minimum Gasteiger partial charge on any atom is -0.494 e. The Morgan fingerprint density at radius 2 is 1.88 bits per heavy atom. The summed E-state index contributed by atoms with van der Waals surface area (Å²) in [5.74, 6) is 0.678. The highest BCUT2D eigenvalue weighted by molar-refractivity contribution is 8.00. The van der Waals surface area contributed by atoms with Crippen molar-refractivity contribution >= 4 is 11.8 Å². The first-order valence-corrected chi connectivity index (χ1v) is 9.04. The number of benzene rings is 2. The van der Waals surface area contributed by atoms with Crippen LogP contribution >= 0.6 is 11.8 Å². The van der Waals surface area contributed by atoms with E-state index in [0.29, 0.717) is 17.3 Å². The zero-order valence-electron chi connectivity index (χ0n) is 14.9. The molecule has 0 fully saturated rings. The molecule has 1 unspecified atom stereocenters. The fraction of sp³-hybridized carbons (Fsp3) is 0.263. The fourth-order valence-corrected chi connectivity index (χ4v) is 3.45. The fourth-order valence-electron chi connectivity index (χ4n) is 2.55. The lowest BCUT2D eigenvalue weighted by Crippen LogP contribution is -2.08. The summed E-state index contributed by atoms with van der Waals surface area (Å²) in [5, 5.41) is 21.8. The number of tetrazole rings is 1. The van der Waals surface area contributed by atoms with Crippen molar-refractivity contribution in [3.05, 3.63) is 59.2 Å². The largest absolute Gasteiger partial charge is 0.494 e. The van der Waals surface area contributed by atoms with Crippen molar-refractivity contribution in [2.45, 2.75) is 30.7 Å². The average molecular weight is 365 g/mol. The minimum atomic E-state index is -0.293. The quantitative estimate of drug-likeness (QED) is 0.622. The SMILES string of the molecule is COc1ccc(C)cc1-n1nnnc1SC(C#N)Cc1ccc(C)cc1. The van der Waals surface area contributed by atoms with Crippen molar-refractivity contribution in [1.82, 2.24) is 20.2 Å². The first-order valence-electron chi connectivity index (χ1n) is 8.16. The normalized spacial score (nSPS) is 11.8. The number of nitriles is 1. The van der Waals surface area contributed by atoms with Crippen molar-refractivity contribution in [3.63, 3.8) is 0 Å². The average Bonchev–Trinajstić information content (AvgIpc) is 3.11. The summed E-state index contributed by atoms with van der Waals surface area (Å²) in [6.45, 7) is 4.04. The molecule has 3 aromatic rings. The van der Waals surface area contributed by atoms with Gasteiger partial charge in [0.25, 0.3) is 0 Å². The Morgan fingerprint density at radius 1 is 1.15 bits per heavy atom. The van der Waals surface area contributed by atoms with Crippen LogP contribution in [-0.2, 0) is 6.42 Å². The van der Waals surface area contributed by atoms with Gasteiger partial charge in [-0.1, -0.05) is 47.7 Å². The minimum absolute atomic E-state index is 0.293. The molecule has 0 amide bonds. The molecule has 0 spiro atoms. The van der Waals surface area contributed by atoms with Gasteiger partial charge in [0.15, 0.2) is 0 Å². The molecule has 7 heteroatoms. The molecule has 6 nitrogen and oxygen atoms in total. The van der Waals surface area contributed by atoms with Crippen LogP contribution in [0, 0.1) is 25.2 Å².